The molecule has 2 N–H and O–H groups in total. The fourth-order valence-electron chi connectivity index (χ4n) is 3.30. The molecule has 33 heavy (non-hydrogen) atoms. The molecule has 1 atom stereocenters. The van der Waals surface area contributed by atoms with E-state index in [4.69, 9.17) is 16.3 Å². The molecule has 3 heterocycles. The summed E-state index contributed by atoms with van der Waals surface area (Å²) in [4.78, 5) is 35.9. The van der Waals surface area contributed by atoms with Crippen LogP contribution < -0.4 is 15.8 Å². The van der Waals surface area contributed by atoms with Crippen molar-refractivity contribution in [2.75, 3.05) is 49.6 Å². The lowest BCUT2D eigenvalue weighted by molar-refractivity contribution is -0.138. The van der Waals surface area contributed by atoms with E-state index >= 15 is 0 Å². The summed E-state index contributed by atoms with van der Waals surface area (Å²) in [6.07, 6.45) is -0.741. The summed E-state index contributed by atoms with van der Waals surface area (Å²) in [6.45, 7) is 3.95. The highest BCUT2D eigenvalue weighted by atomic mass is 35.5. The van der Waals surface area contributed by atoms with Crippen LogP contribution in [0.2, 0.25) is 5.02 Å². The van der Waals surface area contributed by atoms with Crippen molar-refractivity contribution in [2.24, 2.45) is 0 Å². The molecular weight excluding hydrogens is 467 g/mol. The number of aromatic nitrogens is 4. The van der Waals surface area contributed by atoms with Crippen molar-refractivity contribution in [3.05, 3.63) is 39.5 Å². The summed E-state index contributed by atoms with van der Waals surface area (Å²) in [7, 11) is 0. The number of hydrogen-bond donors (Lipinski definition) is 2. The van der Waals surface area contributed by atoms with Gasteiger partial charge >= 0.3 is 6.18 Å². The number of nitrogens with zero attached hydrogens (tertiary/aromatic N) is 5. The number of anilines is 2. The van der Waals surface area contributed by atoms with Gasteiger partial charge in [-0.1, -0.05) is 11.6 Å². The lowest BCUT2D eigenvalue weighted by Gasteiger charge is -2.34. The zero-order valence-electron chi connectivity index (χ0n) is 17.7. The van der Waals surface area contributed by atoms with E-state index in [0.29, 0.717) is 37.1 Å². The van der Waals surface area contributed by atoms with Gasteiger partial charge in [0.1, 0.15) is 5.56 Å². The van der Waals surface area contributed by atoms with Crippen LogP contribution in [0.1, 0.15) is 18.9 Å². The summed E-state index contributed by atoms with van der Waals surface area (Å²) in [6, 6.07) is -0.548. The van der Waals surface area contributed by atoms with Gasteiger partial charge in [0.25, 0.3) is 5.56 Å². The summed E-state index contributed by atoms with van der Waals surface area (Å²) < 4.78 is 44.7. The van der Waals surface area contributed by atoms with Gasteiger partial charge in [-0.05, 0) is 6.92 Å². The first-order valence-electron chi connectivity index (χ1n) is 10.1. The smallest absolute Gasteiger partial charge is 0.379 e. The highest BCUT2D eigenvalue weighted by Gasteiger charge is 2.37. The predicted octanol–water partition coefficient (Wildman–Crippen LogP) is 1.79. The van der Waals surface area contributed by atoms with E-state index in [2.05, 4.69) is 20.4 Å². The van der Waals surface area contributed by atoms with Crippen LogP contribution in [-0.2, 0) is 15.7 Å². The van der Waals surface area contributed by atoms with Crippen LogP contribution in [0.3, 0.4) is 0 Å². The number of ether oxygens (including phenoxy) is 1. The first kappa shape index (κ1) is 24.7. The highest BCUT2D eigenvalue weighted by molar-refractivity contribution is 6.30. The monoisotopic (exact) mass is 489 g/mol. The number of carbonyl (C=O) groups is 1. The molecule has 0 bridgehead atoms. The molecular formula is C19H23ClF3N7O3. The number of alkyl halides is 3. The minimum atomic E-state index is -4.82. The van der Waals surface area contributed by atoms with Crippen LogP contribution in [0.15, 0.2) is 23.4 Å². The third kappa shape index (κ3) is 6.78. The first-order chi connectivity index (χ1) is 15.6. The lowest BCUT2D eigenvalue weighted by atomic mass is 10.2. The maximum Gasteiger partial charge on any atom is 0.423 e. The van der Waals surface area contributed by atoms with Gasteiger partial charge < -0.3 is 19.9 Å². The molecule has 180 valence electrons. The topological polar surface area (TPSA) is 116 Å². The number of halogens is 4. The van der Waals surface area contributed by atoms with Crippen molar-refractivity contribution in [3.8, 4) is 0 Å². The Hall–Kier alpha value is -2.93. The van der Waals surface area contributed by atoms with Crippen LogP contribution in [0.25, 0.3) is 0 Å². The predicted molar refractivity (Wildman–Crippen MR) is 114 cm³/mol. The van der Waals surface area contributed by atoms with E-state index in [1.165, 1.54) is 12.4 Å². The number of amides is 1. The van der Waals surface area contributed by atoms with E-state index < -0.39 is 29.0 Å². The van der Waals surface area contributed by atoms with Crippen LogP contribution in [0, 0.1) is 0 Å². The molecule has 14 heteroatoms. The Morgan fingerprint density at radius 1 is 1.24 bits per heavy atom. The number of hydrogen-bond acceptors (Lipinski definition) is 8. The van der Waals surface area contributed by atoms with Gasteiger partial charge in [0.15, 0.2) is 0 Å². The molecule has 1 saturated heterocycles. The van der Waals surface area contributed by atoms with Crippen molar-refractivity contribution in [1.29, 1.82) is 0 Å². The summed E-state index contributed by atoms with van der Waals surface area (Å²) in [5, 5.41) is 8.21. The van der Waals surface area contributed by atoms with Crippen molar-refractivity contribution < 1.29 is 22.7 Å². The Balaban J connectivity index is 1.39. The molecule has 2 aromatic heterocycles. The van der Waals surface area contributed by atoms with Gasteiger partial charge in [0.05, 0.1) is 48.9 Å². The van der Waals surface area contributed by atoms with E-state index in [0.717, 1.165) is 6.20 Å². The molecule has 0 saturated carbocycles. The standard InChI is InChI=1S/C19H23ClF3N7O3/c1-12(27-14-10-26-28-17(32)16(14)19(21,22)23)11-33-7-2-15(31)29-3-5-30(6-4-29)18-24-8-13(20)9-25-18/h8-10,12H,2-7,11H2,1H3,(H2,27,28,32). The average molecular weight is 490 g/mol. The van der Waals surface area contributed by atoms with Gasteiger partial charge in [0.2, 0.25) is 11.9 Å². The summed E-state index contributed by atoms with van der Waals surface area (Å²) in [5.74, 6) is 0.478. The Labute approximate surface area is 192 Å². The quantitative estimate of drug-likeness (QED) is 0.539. The molecule has 3 rings (SSSR count). The molecule has 0 aliphatic carbocycles. The molecule has 1 amide bonds. The zero-order valence-corrected chi connectivity index (χ0v) is 18.5. The van der Waals surface area contributed by atoms with E-state index in [-0.39, 0.29) is 25.5 Å². The Kier molecular flexibility index (Phi) is 8.08. The molecule has 1 unspecified atom stereocenters. The third-order valence-electron chi connectivity index (χ3n) is 4.89. The minimum absolute atomic E-state index is 0.0407. The number of rotatable bonds is 8. The number of piperazine rings is 1. The van der Waals surface area contributed by atoms with Crippen LogP contribution in [0.5, 0.6) is 0 Å². The van der Waals surface area contributed by atoms with Crippen molar-refractivity contribution in [3.63, 3.8) is 0 Å². The number of aromatic amines is 1. The fraction of sp³-hybridized carbons (Fsp3) is 0.526. The average Bonchev–Trinajstić information content (AvgIpc) is 2.76. The van der Waals surface area contributed by atoms with Gasteiger partial charge in [-0.3, -0.25) is 9.59 Å². The second kappa shape index (κ2) is 10.8. The summed E-state index contributed by atoms with van der Waals surface area (Å²) in [5.41, 5.74) is -3.10. The van der Waals surface area contributed by atoms with E-state index in [1.807, 2.05) is 4.90 Å². The highest BCUT2D eigenvalue weighted by Crippen LogP contribution is 2.31. The SMILES string of the molecule is CC(COCCC(=O)N1CCN(c2ncc(Cl)cn2)CC1)Nc1cn[nH]c(=O)c1C(F)(F)F. The number of nitrogens with one attached hydrogen (secondary N) is 2. The van der Waals surface area contributed by atoms with Crippen LogP contribution in [0.4, 0.5) is 24.8 Å². The maximum atomic E-state index is 13.1. The molecule has 1 fully saturated rings. The molecule has 1 aliphatic heterocycles. The Bertz CT molecular complexity index is 995. The molecule has 2 aromatic rings. The number of carbonyl (C=O) groups excluding carboxylic acids is 1. The molecule has 1 aliphatic rings. The minimum Gasteiger partial charge on any atom is -0.379 e. The first-order valence-corrected chi connectivity index (χ1v) is 10.5. The second-order valence-corrected chi connectivity index (χ2v) is 7.86. The van der Waals surface area contributed by atoms with Crippen molar-refractivity contribution >= 4 is 29.1 Å². The second-order valence-electron chi connectivity index (χ2n) is 7.42. The van der Waals surface area contributed by atoms with Crippen LogP contribution >= 0.6 is 11.6 Å². The Morgan fingerprint density at radius 3 is 2.55 bits per heavy atom. The third-order valence-corrected chi connectivity index (χ3v) is 5.09. The fourth-order valence-corrected chi connectivity index (χ4v) is 3.40. The van der Waals surface area contributed by atoms with Crippen molar-refractivity contribution in [1.82, 2.24) is 25.1 Å². The van der Waals surface area contributed by atoms with Gasteiger partial charge in [-0.15, -0.1) is 0 Å². The zero-order chi connectivity index (χ0) is 24.0. The van der Waals surface area contributed by atoms with E-state index in [9.17, 15) is 22.8 Å². The molecule has 10 nitrogen and oxygen atoms in total. The lowest BCUT2D eigenvalue weighted by Crippen LogP contribution is -2.49. The molecule has 0 spiro atoms. The summed E-state index contributed by atoms with van der Waals surface area (Å²) >= 11 is 5.79. The largest absolute Gasteiger partial charge is 0.423 e. The molecule has 0 aromatic carbocycles. The number of H-pyrrole nitrogens is 1. The van der Waals surface area contributed by atoms with E-state index in [1.54, 1.807) is 16.9 Å². The van der Waals surface area contributed by atoms with Gasteiger partial charge in [0, 0.05) is 32.2 Å². The Morgan fingerprint density at radius 2 is 1.91 bits per heavy atom. The molecule has 0 radical (unpaired) electrons. The van der Waals surface area contributed by atoms with Crippen LogP contribution in [-0.4, -0.2) is 76.4 Å². The normalized spacial score (nSPS) is 15.4. The van der Waals surface area contributed by atoms with Gasteiger partial charge in [-0.2, -0.15) is 18.3 Å². The van der Waals surface area contributed by atoms with Gasteiger partial charge in [-0.25, -0.2) is 15.1 Å². The van der Waals surface area contributed by atoms with Crippen molar-refractivity contribution in [2.45, 2.75) is 25.6 Å². The maximum absolute atomic E-state index is 13.1.